The fraction of sp³-hybridized carbons (Fsp3) is 0.273. The van der Waals surface area contributed by atoms with Crippen molar-refractivity contribution in [1.82, 2.24) is 0 Å². The molecule has 1 aromatic rings. The normalized spacial score (nSPS) is 9.00. The molecule has 0 aliphatic heterocycles. The van der Waals surface area contributed by atoms with Crippen LogP contribution in [0.3, 0.4) is 0 Å². The number of hydrogen-bond acceptors (Lipinski definition) is 3. The van der Waals surface area contributed by atoms with E-state index >= 15 is 0 Å². The lowest BCUT2D eigenvalue weighted by molar-refractivity contribution is 0.373. The van der Waals surface area contributed by atoms with Gasteiger partial charge in [0.25, 0.3) is 0 Å². The molecular formula is C11H13NO2. The summed E-state index contributed by atoms with van der Waals surface area (Å²) in [7, 11) is 1.51. The van der Waals surface area contributed by atoms with E-state index in [0.717, 1.165) is 0 Å². The zero-order valence-corrected chi connectivity index (χ0v) is 8.08. The summed E-state index contributed by atoms with van der Waals surface area (Å²) in [4.78, 5) is 0. The van der Waals surface area contributed by atoms with Crippen LogP contribution in [-0.2, 0) is 0 Å². The minimum atomic E-state index is 0.0829. The van der Waals surface area contributed by atoms with Crippen LogP contribution in [0, 0.1) is 11.8 Å². The number of phenolic OH excluding ortho intramolecular Hbond substituents is 1. The fourth-order valence-electron chi connectivity index (χ4n) is 1.02. The van der Waals surface area contributed by atoms with Crippen molar-refractivity contribution in [2.45, 2.75) is 6.42 Å². The first-order chi connectivity index (χ1) is 6.79. The third-order valence-corrected chi connectivity index (χ3v) is 1.71. The van der Waals surface area contributed by atoms with Crippen molar-refractivity contribution in [3.8, 4) is 23.3 Å². The van der Waals surface area contributed by atoms with E-state index in [1.807, 2.05) is 0 Å². The topological polar surface area (TPSA) is 55.5 Å². The van der Waals surface area contributed by atoms with Crippen molar-refractivity contribution >= 4 is 0 Å². The Bertz CT molecular complexity index is 363. The van der Waals surface area contributed by atoms with Crippen LogP contribution in [0.1, 0.15) is 12.0 Å². The maximum Gasteiger partial charge on any atom is 0.173 e. The highest BCUT2D eigenvalue weighted by Crippen LogP contribution is 2.28. The summed E-state index contributed by atoms with van der Waals surface area (Å²) in [6.45, 7) is 0.526. The molecule has 0 aliphatic rings. The van der Waals surface area contributed by atoms with Gasteiger partial charge in [0.15, 0.2) is 11.5 Å². The molecule has 74 valence electrons. The average molecular weight is 191 g/mol. The molecule has 0 fully saturated rings. The first-order valence-corrected chi connectivity index (χ1v) is 4.34. The highest BCUT2D eigenvalue weighted by molar-refractivity contribution is 5.53. The third kappa shape index (κ3) is 2.41. The Hall–Kier alpha value is -1.66. The number of para-hydroxylation sites is 1. The molecule has 1 aromatic carbocycles. The van der Waals surface area contributed by atoms with Gasteiger partial charge in [0.05, 0.1) is 12.7 Å². The van der Waals surface area contributed by atoms with Gasteiger partial charge in [-0.2, -0.15) is 0 Å². The molecule has 0 saturated carbocycles. The van der Waals surface area contributed by atoms with Crippen LogP contribution in [0.15, 0.2) is 18.2 Å². The predicted octanol–water partition coefficient (Wildman–Crippen LogP) is 1.10. The Morgan fingerprint density at radius 3 is 2.93 bits per heavy atom. The maximum absolute atomic E-state index is 9.63. The highest BCUT2D eigenvalue weighted by atomic mass is 16.5. The van der Waals surface area contributed by atoms with E-state index in [0.29, 0.717) is 24.3 Å². The van der Waals surface area contributed by atoms with E-state index < -0.39 is 0 Å². The number of nitrogens with two attached hydrogens (primary N) is 1. The standard InChI is InChI=1S/C11H13NO2/c1-14-10-7-4-6-9(11(10)13)5-2-3-8-12/h4,6-7,13H,3,8,12H2,1H3. The van der Waals surface area contributed by atoms with Crippen molar-refractivity contribution in [3.05, 3.63) is 23.8 Å². The summed E-state index contributed by atoms with van der Waals surface area (Å²) in [5, 5.41) is 9.63. The van der Waals surface area contributed by atoms with Crippen molar-refractivity contribution in [1.29, 1.82) is 0 Å². The molecule has 1 rings (SSSR count). The number of methoxy groups -OCH3 is 1. The van der Waals surface area contributed by atoms with Crippen LogP contribution >= 0.6 is 0 Å². The lowest BCUT2D eigenvalue weighted by Gasteiger charge is -2.03. The van der Waals surface area contributed by atoms with Gasteiger partial charge in [-0.15, -0.1) is 0 Å². The zero-order valence-electron chi connectivity index (χ0n) is 8.08. The Kier molecular flexibility index (Phi) is 3.84. The van der Waals surface area contributed by atoms with Gasteiger partial charge in [0.2, 0.25) is 0 Å². The van der Waals surface area contributed by atoms with Crippen LogP contribution < -0.4 is 10.5 Å². The summed E-state index contributed by atoms with van der Waals surface area (Å²) in [6, 6.07) is 5.20. The molecule has 3 nitrogen and oxygen atoms in total. The average Bonchev–Trinajstić information content (AvgIpc) is 2.21. The SMILES string of the molecule is COc1cccc(C#CCCN)c1O. The van der Waals surface area contributed by atoms with E-state index in [1.165, 1.54) is 7.11 Å². The molecule has 0 bridgehead atoms. The van der Waals surface area contributed by atoms with Crippen molar-refractivity contribution in [2.24, 2.45) is 5.73 Å². The van der Waals surface area contributed by atoms with Crippen molar-refractivity contribution < 1.29 is 9.84 Å². The molecule has 0 radical (unpaired) electrons. The van der Waals surface area contributed by atoms with Crippen LogP contribution in [0.2, 0.25) is 0 Å². The Balaban J connectivity index is 2.94. The third-order valence-electron chi connectivity index (χ3n) is 1.71. The first-order valence-electron chi connectivity index (χ1n) is 4.34. The van der Waals surface area contributed by atoms with E-state index in [4.69, 9.17) is 10.5 Å². The minimum Gasteiger partial charge on any atom is -0.503 e. The Labute approximate surface area is 83.5 Å². The summed E-state index contributed by atoms with van der Waals surface area (Å²) < 4.78 is 4.95. The predicted molar refractivity (Wildman–Crippen MR) is 55.2 cm³/mol. The molecule has 0 saturated heterocycles. The van der Waals surface area contributed by atoms with Gasteiger partial charge in [-0.3, -0.25) is 0 Å². The van der Waals surface area contributed by atoms with E-state index in [-0.39, 0.29) is 5.75 Å². The lowest BCUT2D eigenvalue weighted by atomic mass is 10.2. The second kappa shape index (κ2) is 5.15. The van der Waals surface area contributed by atoms with Gasteiger partial charge in [-0.1, -0.05) is 17.9 Å². The monoisotopic (exact) mass is 191 g/mol. The number of ether oxygens (including phenoxy) is 1. The summed E-state index contributed by atoms with van der Waals surface area (Å²) in [5.74, 6) is 6.20. The van der Waals surface area contributed by atoms with Gasteiger partial charge in [0, 0.05) is 13.0 Å². The molecule has 0 spiro atoms. The van der Waals surface area contributed by atoms with Gasteiger partial charge < -0.3 is 15.6 Å². The lowest BCUT2D eigenvalue weighted by Crippen LogP contribution is -1.95. The molecule has 0 amide bonds. The summed E-state index contributed by atoms with van der Waals surface area (Å²) in [6.07, 6.45) is 0.622. The maximum atomic E-state index is 9.63. The second-order valence-corrected chi connectivity index (χ2v) is 2.70. The zero-order chi connectivity index (χ0) is 10.4. The number of hydrogen-bond donors (Lipinski definition) is 2. The van der Waals surface area contributed by atoms with Gasteiger partial charge in [-0.25, -0.2) is 0 Å². The molecule has 0 unspecified atom stereocenters. The largest absolute Gasteiger partial charge is 0.503 e. The summed E-state index contributed by atoms with van der Waals surface area (Å²) in [5.41, 5.74) is 5.86. The number of aromatic hydroxyl groups is 1. The van der Waals surface area contributed by atoms with Crippen LogP contribution in [0.5, 0.6) is 11.5 Å². The molecule has 14 heavy (non-hydrogen) atoms. The molecule has 0 aliphatic carbocycles. The second-order valence-electron chi connectivity index (χ2n) is 2.70. The molecule has 0 aromatic heterocycles. The molecule has 3 N–H and O–H groups in total. The molecular weight excluding hydrogens is 178 g/mol. The molecule has 3 heteroatoms. The van der Waals surface area contributed by atoms with E-state index in [2.05, 4.69) is 11.8 Å². The minimum absolute atomic E-state index is 0.0829. The van der Waals surface area contributed by atoms with Gasteiger partial charge in [-0.05, 0) is 12.1 Å². The highest BCUT2D eigenvalue weighted by Gasteiger charge is 2.03. The van der Waals surface area contributed by atoms with Crippen LogP contribution in [0.25, 0.3) is 0 Å². The Morgan fingerprint density at radius 1 is 1.50 bits per heavy atom. The Morgan fingerprint density at radius 2 is 2.29 bits per heavy atom. The smallest absolute Gasteiger partial charge is 0.173 e. The van der Waals surface area contributed by atoms with E-state index in [1.54, 1.807) is 18.2 Å². The van der Waals surface area contributed by atoms with Gasteiger partial charge in [0.1, 0.15) is 0 Å². The number of phenols is 1. The quantitative estimate of drug-likeness (QED) is 0.688. The molecule has 0 atom stereocenters. The van der Waals surface area contributed by atoms with Crippen molar-refractivity contribution in [3.63, 3.8) is 0 Å². The van der Waals surface area contributed by atoms with Crippen LogP contribution in [-0.4, -0.2) is 18.8 Å². The van der Waals surface area contributed by atoms with Crippen molar-refractivity contribution in [2.75, 3.05) is 13.7 Å². The number of rotatable bonds is 2. The fourth-order valence-corrected chi connectivity index (χ4v) is 1.02. The molecule has 0 heterocycles. The summed E-state index contributed by atoms with van der Waals surface area (Å²) >= 11 is 0. The van der Waals surface area contributed by atoms with Crippen LogP contribution in [0.4, 0.5) is 0 Å². The van der Waals surface area contributed by atoms with Gasteiger partial charge >= 0.3 is 0 Å². The van der Waals surface area contributed by atoms with E-state index in [9.17, 15) is 5.11 Å². The first kappa shape index (κ1) is 10.4. The number of benzene rings is 1.